The average molecular weight is 256 g/mol. The summed E-state index contributed by atoms with van der Waals surface area (Å²) in [6.07, 6.45) is 2.30. The lowest BCUT2D eigenvalue weighted by molar-refractivity contribution is 0.630. The fourth-order valence-electron chi connectivity index (χ4n) is 2.52. The van der Waals surface area contributed by atoms with Crippen molar-refractivity contribution in [2.75, 3.05) is 17.2 Å². The van der Waals surface area contributed by atoms with Crippen LogP contribution >= 0.6 is 0 Å². The minimum Gasteiger partial charge on any atom is -0.385 e. The molecular formula is C16H17FN2. The number of benzene rings is 2. The zero-order valence-corrected chi connectivity index (χ0v) is 10.7. The van der Waals surface area contributed by atoms with Gasteiger partial charge in [0.2, 0.25) is 0 Å². The summed E-state index contributed by atoms with van der Waals surface area (Å²) in [4.78, 5) is 0. The second-order valence-electron chi connectivity index (χ2n) is 4.81. The van der Waals surface area contributed by atoms with E-state index < -0.39 is 0 Å². The van der Waals surface area contributed by atoms with Crippen LogP contribution in [0.4, 0.5) is 15.8 Å². The first-order valence-electron chi connectivity index (χ1n) is 6.67. The molecule has 1 aliphatic heterocycles. The third-order valence-electron chi connectivity index (χ3n) is 3.50. The number of anilines is 2. The molecule has 0 bridgehead atoms. The summed E-state index contributed by atoms with van der Waals surface area (Å²) in [5.41, 5.74) is 4.33. The molecule has 0 fully saturated rings. The molecule has 0 saturated heterocycles. The van der Waals surface area contributed by atoms with E-state index in [0.29, 0.717) is 12.2 Å². The molecule has 0 spiro atoms. The maximum Gasteiger partial charge on any atom is 0.146 e. The molecule has 19 heavy (non-hydrogen) atoms. The van der Waals surface area contributed by atoms with Crippen LogP contribution in [0, 0.1) is 5.82 Å². The van der Waals surface area contributed by atoms with Crippen LogP contribution in [0.1, 0.15) is 17.5 Å². The van der Waals surface area contributed by atoms with Crippen LogP contribution in [0.2, 0.25) is 0 Å². The van der Waals surface area contributed by atoms with Crippen LogP contribution in [0.25, 0.3) is 0 Å². The van der Waals surface area contributed by atoms with E-state index in [1.807, 2.05) is 6.07 Å². The van der Waals surface area contributed by atoms with Crippen molar-refractivity contribution in [2.24, 2.45) is 0 Å². The second kappa shape index (κ2) is 5.31. The van der Waals surface area contributed by atoms with Crippen molar-refractivity contribution in [1.82, 2.24) is 0 Å². The molecule has 0 unspecified atom stereocenters. The van der Waals surface area contributed by atoms with Gasteiger partial charge in [0.25, 0.3) is 0 Å². The van der Waals surface area contributed by atoms with Crippen molar-refractivity contribution in [1.29, 1.82) is 0 Å². The third kappa shape index (κ3) is 2.55. The minimum atomic E-state index is -0.208. The molecule has 2 nitrogen and oxygen atoms in total. The Morgan fingerprint density at radius 1 is 1.11 bits per heavy atom. The lowest BCUT2D eigenvalue weighted by atomic mass is 9.99. The van der Waals surface area contributed by atoms with Gasteiger partial charge in [0.15, 0.2) is 0 Å². The number of rotatable bonds is 3. The van der Waals surface area contributed by atoms with E-state index in [4.69, 9.17) is 0 Å². The van der Waals surface area contributed by atoms with Crippen molar-refractivity contribution >= 4 is 11.4 Å². The topological polar surface area (TPSA) is 24.1 Å². The molecule has 98 valence electrons. The monoisotopic (exact) mass is 256 g/mol. The van der Waals surface area contributed by atoms with Crippen LogP contribution in [0.5, 0.6) is 0 Å². The van der Waals surface area contributed by atoms with Crippen LogP contribution in [0.15, 0.2) is 42.5 Å². The zero-order valence-electron chi connectivity index (χ0n) is 10.7. The normalized spacial score (nSPS) is 13.5. The van der Waals surface area contributed by atoms with Crippen molar-refractivity contribution in [2.45, 2.75) is 19.4 Å². The largest absolute Gasteiger partial charge is 0.385 e. The highest BCUT2D eigenvalue weighted by Crippen LogP contribution is 2.26. The molecule has 2 aromatic rings. The van der Waals surface area contributed by atoms with Gasteiger partial charge < -0.3 is 10.6 Å². The first kappa shape index (κ1) is 12.0. The lowest BCUT2D eigenvalue weighted by Crippen LogP contribution is -2.15. The Bertz CT molecular complexity index is 581. The maximum atomic E-state index is 13.6. The minimum absolute atomic E-state index is 0.208. The van der Waals surface area contributed by atoms with Gasteiger partial charge in [-0.25, -0.2) is 4.39 Å². The summed E-state index contributed by atoms with van der Waals surface area (Å²) in [6.45, 7) is 1.65. The van der Waals surface area contributed by atoms with Gasteiger partial charge in [-0.2, -0.15) is 0 Å². The summed E-state index contributed by atoms with van der Waals surface area (Å²) in [6, 6.07) is 13.1. The number of halogens is 1. The van der Waals surface area contributed by atoms with E-state index >= 15 is 0 Å². The highest BCUT2D eigenvalue weighted by Gasteiger charge is 2.12. The van der Waals surface area contributed by atoms with Gasteiger partial charge >= 0.3 is 0 Å². The predicted molar refractivity (Wildman–Crippen MR) is 77.0 cm³/mol. The number of hydrogen-bond donors (Lipinski definition) is 2. The Morgan fingerprint density at radius 2 is 2.00 bits per heavy atom. The highest BCUT2D eigenvalue weighted by molar-refractivity contribution is 5.60. The molecule has 0 saturated carbocycles. The molecule has 3 heteroatoms. The summed E-state index contributed by atoms with van der Waals surface area (Å²) < 4.78 is 13.6. The van der Waals surface area contributed by atoms with Crippen LogP contribution < -0.4 is 10.6 Å². The lowest BCUT2D eigenvalue weighted by Gasteiger charge is -2.21. The van der Waals surface area contributed by atoms with E-state index in [9.17, 15) is 4.39 Å². The number of fused-ring (bicyclic) bond motifs is 1. The number of hydrogen-bond acceptors (Lipinski definition) is 2. The Labute approximate surface area is 112 Å². The molecule has 3 rings (SSSR count). The molecule has 0 atom stereocenters. The summed E-state index contributed by atoms with van der Waals surface area (Å²) in [7, 11) is 0. The Kier molecular flexibility index (Phi) is 3.36. The van der Waals surface area contributed by atoms with Gasteiger partial charge in [0, 0.05) is 18.8 Å². The van der Waals surface area contributed by atoms with Gasteiger partial charge in [-0.1, -0.05) is 30.3 Å². The van der Waals surface area contributed by atoms with E-state index in [-0.39, 0.29) is 5.82 Å². The molecule has 1 aliphatic rings. The molecular weight excluding hydrogens is 239 g/mol. The Hall–Kier alpha value is -2.03. The first-order chi connectivity index (χ1) is 9.34. The van der Waals surface area contributed by atoms with Gasteiger partial charge in [0.05, 0.1) is 5.69 Å². The van der Waals surface area contributed by atoms with Crippen molar-refractivity contribution in [3.8, 4) is 0 Å². The van der Waals surface area contributed by atoms with Crippen LogP contribution in [-0.2, 0) is 13.0 Å². The highest BCUT2D eigenvalue weighted by atomic mass is 19.1. The molecule has 0 aliphatic carbocycles. The van der Waals surface area contributed by atoms with Gasteiger partial charge in [0.1, 0.15) is 5.82 Å². The smallest absolute Gasteiger partial charge is 0.146 e. The fraction of sp³-hybridized carbons (Fsp3) is 0.250. The zero-order chi connectivity index (χ0) is 13.1. The Balaban J connectivity index is 1.79. The molecule has 0 aromatic heterocycles. The summed E-state index contributed by atoms with van der Waals surface area (Å²) >= 11 is 0. The first-order valence-corrected chi connectivity index (χ1v) is 6.67. The molecule has 2 N–H and O–H groups in total. The quantitative estimate of drug-likeness (QED) is 0.873. The van der Waals surface area contributed by atoms with Crippen molar-refractivity contribution in [3.05, 3.63) is 59.4 Å². The SMILES string of the molecule is Fc1ccccc1NCc1cccc2c1NCCC2. The predicted octanol–water partition coefficient (Wildman–Crippen LogP) is 3.80. The van der Waals surface area contributed by atoms with Crippen LogP contribution in [-0.4, -0.2) is 6.54 Å². The third-order valence-corrected chi connectivity index (χ3v) is 3.50. The fourth-order valence-corrected chi connectivity index (χ4v) is 2.52. The van der Waals surface area contributed by atoms with E-state index in [2.05, 4.69) is 28.8 Å². The van der Waals surface area contributed by atoms with Crippen LogP contribution in [0.3, 0.4) is 0 Å². The van der Waals surface area contributed by atoms with Gasteiger partial charge in [-0.3, -0.25) is 0 Å². The second-order valence-corrected chi connectivity index (χ2v) is 4.81. The summed E-state index contributed by atoms with van der Waals surface area (Å²) in [5.74, 6) is -0.208. The van der Waals surface area contributed by atoms with Crippen molar-refractivity contribution in [3.63, 3.8) is 0 Å². The van der Waals surface area contributed by atoms with Crippen molar-refractivity contribution < 1.29 is 4.39 Å². The maximum absolute atomic E-state index is 13.6. The standard InChI is InChI=1S/C16H17FN2/c17-14-8-1-2-9-15(14)19-11-13-6-3-5-12-7-4-10-18-16(12)13/h1-3,5-6,8-9,18-19H,4,7,10-11H2. The summed E-state index contributed by atoms with van der Waals surface area (Å²) in [5, 5.41) is 6.61. The average Bonchev–Trinajstić information content (AvgIpc) is 2.46. The molecule has 0 amide bonds. The van der Waals surface area contributed by atoms with E-state index in [0.717, 1.165) is 13.0 Å². The van der Waals surface area contributed by atoms with E-state index in [1.54, 1.807) is 12.1 Å². The van der Waals surface area contributed by atoms with Gasteiger partial charge in [-0.05, 0) is 36.1 Å². The molecule has 2 aromatic carbocycles. The molecule has 0 radical (unpaired) electrons. The number of nitrogens with one attached hydrogen (secondary N) is 2. The number of para-hydroxylation sites is 2. The molecule has 1 heterocycles. The number of aryl methyl sites for hydroxylation is 1. The Morgan fingerprint density at radius 3 is 2.89 bits per heavy atom. The van der Waals surface area contributed by atoms with Gasteiger partial charge in [-0.15, -0.1) is 0 Å². The van der Waals surface area contributed by atoms with E-state index in [1.165, 1.54) is 29.3 Å².